The van der Waals surface area contributed by atoms with E-state index in [1.807, 2.05) is 0 Å². The molecule has 1 aromatic carbocycles. The van der Waals surface area contributed by atoms with Gasteiger partial charge in [-0.15, -0.1) is 13.2 Å². The molecule has 1 heterocycles. The van der Waals surface area contributed by atoms with Gasteiger partial charge >= 0.3 is 6.36 Å². The molecule has 1 fully saturated rings. The maximum atomic E-state index is 12.4. The third kappa shape index (κ3) is 4.11. The second kappa shape index (κ2) is 6.45. The Balaban J connectivity index is 2.18. The van der Waals surface area contributed by atoms with Crippen molar-refractivity contribution in [2.45, 2.75) is 44.2 Å². The normalized spacial score (nSPS) is 22.1. The first-order valence-corrected chi connectivity index (χ1v) is 6.73. The summed E-state index contributed by atoms with van der Waals surface area (Å²) in [7, 11) is 0. The predicted molar refractivity (Wildman–Crippen MR) is 68.3 cm³/mol. The number of aliphatic hydroxyl groups excluding tert-OH is 1. The molecule has 20 heavy (non-hydrogen) atoms. The zero-order valence-electron chi connectivity index (χ0n) is 11.0. The van der Waals surface area contributed by atoms with Gasteiger partial charge in [0.05, 0.1) is 6.10 Å². The van der Waals surface area contributed by atoms with Crippen molar-refractivity contribution in [3.63, 3.8) is 0 Å². The van der Waals surface area contributed by atoms with Gasteiger partial charge in [-0.2, -0.15) is 0 Å². The van der Waals surface area contributed by atoms with Gasteiger partial charge in [0.1, 0.15) is 5.75 Å². The van der Waals surface area contributed by atoms with Crippen molar-refractivity contribution >= 4 is 0 Å². The second-order valence-corrected chi connectivity index (χ2v) is 4.94. The monoisotopic (exact) mass is 289 g/mol. The fourth-order valence-electron chi connectivity index (χ4n) is 2.48. The molecule has 2 rings (SSSR count). The zero-order chi connectivity index (χ0) is 14.6. The lowest BCUT2D eigenvalue weighted by Crippen LogP contribution is -2.34. The lowest BCUT2D eigenvalue weighted by molar-refractivity contribution is -0.275. The third-order valence-corrected chi connectivity index (χ3v) is 3.44. The van der Waals surface area contributed by atoms with Crippen LogP contribution in [-0.2, 0) is 0 Å². The molecule has 112 valence electrons. The Kier molecular flexibility index (Phi) is 4.88. The van der Waals surface area contributed by atoms with Crippen molar-refractivity contribution in [1.29, 1.82) is 0 Å². The van der Waals surface area contributed by atoms with Crippen molar-refractivity contribution < 1.29 is 23.0 Å². The molecular weight excluding hydrogens is 271 g/mol. The number of halogens is 3. The van der Waals surface area contributed by atoms with Crippen molar-refractivity contribution in [3.05, 3.63) is 29.8 Å². The summed E-state index contributed by atoms with van der Waals surface area (Å²) in [5.74, 6) is -0.335. The minimum absolute atomic E-state index is 0.171. The zero-order valence-corrected chi connectivity index (χ0v) is 11.0. The van der Waals surface area contributed by atoms with Crippen LogP contribution in [0.5, 0.6) is 5.75 Å². The topological polar surface area (TPSA) is 41.5 Å². The number of alkyl halides is 3. The molecule has 2 unspecified atom stereocenters. The summed E-state index contributed by atoms with van der Waals surface area (Å²) >= 11 is 0. The van der Waals surface area contributed by atoms with Crippen LogP contribution < -0.4 is 10.1 Å². The number of hydrogen-bond acceptors (Lipinski definition) is 3. The Morgan fingerprint density at radius 3 is 2.70 bits per heavy atom. The van der Waals surface area contributed by atoms with Crippen LogP contribution in [0.4, 0.5) is 13.2 Å². The van der Waals surface area contributed by atoms with Gasteiger partial charge < -0.3 is 15.2 Å². The van der Waals surface area contributed by atoms with Crippen LogP contribution >= 0.6 is 0 Å². The van der Waals surface area contributed by atoms with Crippen molar-refractivity contribution in [3.8, 4) is 5.75 Å². The van der Waals surface area contributed by atoms with Crippen LogP contribution in [0.3, 0.4) is 0 Å². The van der Waals surface area contributed by atoms with E-state index in [-0.39, 0.29) is 17.4 Å². The standard InChI is InChI=1S/C14H18F3NO2/c15-14(16,17)20-12-8-4-3-6-10(12)13(19)11-7-2-1-5-9-18-11/h3-4,6,8,11,13,18-19H,1-2,5,7,9H2. The number of benzene rings is 1. The smallest absolute Gasteiger partial charge is 0.405 e. The van der Waals surface area contributed by atoms with E-state index in [9.17, 15) is 18.3 Å². The Morgan fingerprint density at radius 2 is 1.95 bits per heavy atom. The molecule has 1 saturated heterocycles. The highest BCUT2D eigenvalue weighted by molar-refractivity contribution is 5.36. The SMILES string of the molecule is OC(c1ccccc1OC(F)(F)F)C1CCCCCN1. The second-order valence-electron chi connectivity index (χ2n) is 4.94. The van der Waals surface area contributed by atoms with Crippen molar-refractivity contribution in [2.24, 2.45) is 0 Å². The van der Waals surface area contributed by atoms with E-state index >= 15 is 0 Å². The maximum Gasteiger partial charge on any atom is 0.573 e. The first kappa shape index (κ1) is 15.1. The number of ether oxygens (including phenoxy) is 1. The van der Waals surface area contributed by atoms with Crippen molar-refractivity contribution in [2.75, 3.05) is 6.54 Å². The molecule has 1 aliphatic rings. The number of para-hydroxylation sites is 1. The van der Waals surface area contributed by atoms with E-state index in [1.165, 1.54) is 18.2 Å². The predicted octanol–water partition coefficient (Wildman–Crippen LogP) is 3.15. The molecule has 3 nitrogen and oxygen atoms in total. The molecule has 2 atom stereocenters. The van der Waals surface area contributed by atoms with E-state index in [1.54, 1.807) is 6.07 Å². The van der Waals surface area contributed by atoms with Crippen LogP contribution in [0.25, 0.3) is 0 Å². The van der Waals surface area contributed by atoms with E-state index < -0.39 is 12.5 Å². The average molecular weight is 289 g/mol. The molecular formula is C14H18F3NO2. The molecule has 2 N–H and O–H groups in total. The van der Waals surface area contributed by atoms with Gasteiger partial charge in [-0.1, -0.05) is 31.0 Å². The average Bonchev–Trinajstić information content (AvgIpc) is 2.65. The minimum Gasteiger partial charge on any atom is -0.405 e. The Labute approximate surface area is 115 Å². The fraction of sp³-hybridized carbons (Fsp3) is 0.571. The minimum atomic E-state index is -4.76. The summed E-state index contributed by atoms with van der Waals surface area (Å²) < 4.78 is 41.1. The molecule has 0 aromatic heterocycles. The molecule has 0 aliphatic carbocycles. The van der Waals surface area contributed by atoms with Crippen molar-refractivity contribution in [1.82, 2.24) is 5.32 Å². The molecule has 1 aliphatic heterocycles. The quantitative estimate of drug-likeness (QED) is 0.898. The first-order chi connectivity index (χ1) is 9.47. The number of hydrogen-bond donors (Lipinski definition) is 2. The van der Waals surface area contributed by atoms with Gasteiger partial charge in [-0.25, -0.2) is 0 Å². The molecule has 6 heteroatoms. The summed E-state index contributed by atoms with van der Waals surface area (Å²) in [5.41, 5.74) is 0.171. The highest BCUT2D eigenvalue weighted by Crippen LogP contribution is 2.33. The Bertz CT molecular complexity index is 429. The van der Waals surface area contributed by atoms with E-state index in [4.69, 9.17) is 0 Å². The highest BCUT2D eigenvalue weighted by atomic mass is 19.4. The van der Waals surface area contributed by atoms with Gasteiger partial charge in [0.15, 0.2) is 0 Å². The maximum absolute atomic E-state index is 12.4. The number of aliphatic hydroxyl groups is 1. The van der Waals surface area contributed by atoms with Crippen LogP contribution in [0, 0.1) is 0 Å². The van der Waals surface area contributed by atoms with E-state index in [0.717, 1.165) is 32.2 Å². The third-order valence-electron chi connectivity index (χ3n) is 3.44. The van der Waals surface area contributed by atoms with E-state index in [0.29, 0.717) is 0 Å². The molecule has 0 saturated carbocycles. The lowest BCUT2D eigenvalue weighted by atomic mass is 9.98. The van der Waals surface area contributed by atoms with Crippen LogP contribution in [0.1, 0.15) is 37.4 Å². The molecule has 0 radical (unpaired) electrons. The summed E-state index contributed by atoms with van der Waals surface area (Å²) in [6, 6.07) is 5.51. The summed E-state index contributed by atoms with van der Waals surface area (Å²) in [6.45, 7) is 0.768. The summed E-state index contributed by atoms with van der Waals surface area (Å²) in [5, 5.41) is 13.5. The van der Waals surface area contributed by atoms with Crippen LogP contribution in [-0.4, -0.2) is 24.1 Å². The van der Waals surface area contributed by atoms with Crippen LogP contribution in [0.2, 0.25) is 0 Å². The summed E-state index contributed by atoms with van der Waals surface area (Å²) in [4.78, 5) is 0. The number of rotatable bonds is 3. The lowest BCUT2D eigenvalue weighted by Gasteiger charge is -2.24. The fourth-order valence-corrected chi connectivity index (χ4v) is 2.48. The highest BCUT2D eigenvalue weighted by Gasteiger charge is 2.33. The largest absolute Gasteiger partial charge is 0.573 e. The van der Waals surface area contributed by atoms with Gasteiger partial charge in [0.25, 0.3) is 0 Å². The van der Waals surface area contributed by atoms with Gasteiger partial charge in [0, 0.05) is 11.6 Å². The number of nitrogens with one attached hydrogen (secondary N) is 1. The first-order valence-electron chi connectivity index (χ1n) is 6.73. The Morgan fingerprint density at radius 1 is 1.20 bits per heavy atom. The van der Waals surface area contributed by atoms with Gasteiger partial charge in [0.2, 0.25) is 0 Å². The van der Waals surface area contributed by atoms with E-state index in [2.05, 4.69) is 10.1 Å². The van der Waals surface area contributed by atoms with Crippen LogP contribution in [0.15, 0.2) is 24.3 Å². The Hall–Kier alpha value is -1.27. The molecule has 0 spiro atoms. The summed E-state index contributed by atoms with van der Waals surface area (Å²) in [6.07, 6.45) is -1.99. The van der Waals surface area contributed by atoms with Gasteiger partial charge in [-0.05, 0) is 25.5 Å². The molecule has 0 bridgehead atoms. The van der Waals surface area contributed by atoms with Gasteiger partial charge in [-0.3, -0.25) is 0 Å². The molecule has 1 aromatic rings. The molecule has 0 amide bonds.